The van der Waals surface area contributed by atoms with Crippen molar-refractivity contribution in [2.45, 2.75) is 58.7 Å². The minimum atomic E-state index is -0.796. The molecule has 0 bridgehead atoms. The van der Waals surface area contributed by atoms with Crippen molar-refractivity contribution in [3.8, 4) is 0 Å². The fourth-order valence-electron chi connectivity index (χ4n) is 1.81. The van der Waals surface area contributed by atoms with E-state index in [9.17, 15) is 9.59 Å². The van der Waals surface area contributed by atoms with Crippen LogP contribution in [0.25, 0.3) is 0 Å². The molecule has 1 aromatic rings. The maximum Gasteiger partial charge on any atom is 0.408 e. The van der Waals surface area contributed by atoms with Gasteiger partial charge in [-0.2, -0.15) is 0 Å². The number of nitrogens with one attached hydrogen (secondary N) is 2. The van der Waals surface area contributed by atoms with Gasteiger partial charge in [-0.1, -0.05) is 30.3 Å². The SMILES string of the molecule is CC(C)(C)NC(=O)[C@H](NC(=O)OC(C)(C)C)c1ccccc1. The molecular formula is C17H26N2O3. The average Bonchev–Trinajstić information content (AvgIpc) is 2.32. The Labute approximate surface area is 132 Å². The van der Waals surface area contributed by atoms with E-state index < -0.39 is 17.7 Å². The topological polar surface area (TPSA) is 67.4 Å². The second kappa shape index (κ2) is 6.81. The lowest BCUT2D eigenvalue weighted by molar-refractivity contribution is -0.124. The third-order valence-electron chi connectivity index (χ3n) is 2.55. The molecule has 1 atom stereocenters. The summed E-state index contributed by atoms with van der Waals surface area (Å²) in [7, 11) is 0. The van der Waals surface area contributed by atoms with Gasteiger partial charge in [0, 0.05) is 5.54 Å². The maximum absolute atomic E-state index is 12.5. The van der Waals surface area contributed by atoms with Crippen molar-refractivity contribution in [3.63, 3.8) is 0 Å². The van der Waals surface area contributed by atoms with Crippen LogP contribution in [-0.2, 0) is 9.53 Å². The summed E-state index contributed by atoms with van der Waals surface area (Å²) in [6.07, 6.45) is -0.620. The van der Waals surface area contributed by atoms with Crippen molar-refractivity contribution >= 4 is 12.0 Å². The Hall–Kier alpha value is -2.04. The second-order valence-corrected chi connectivity index (χ2v) is 7.23. The van der Waals surface area contributed by atoms with E-state index in [0.29, 0.717) is 5.56 Å². The van der Waals surface area contributed by atoms with E-state index in [4.69, 9.17) is 4.74 Å². The van der Waals surface area contributed by atoms with Crippen LogP contribution in [-0.4, -0.2) is 23.1 Å². The van der Waals surface area contributed by atoms with Crippen LogP contribution in [0.15, 0.2) is 30.3 Å². The van der Waals surface area contributed by atoms with Gasteiger partial charge in [-0.15, -0.1) is 0 Å². The molecule has 0 aliphatic rings. The maximum atomic E-state index is 12.5. The molecule has 5 nitrogen and oxygen atoms in total. The number of alkyl carbamates (subject to hydrolysis) is 1. The predicted molar refractivity (Wildman–Crippen MR) is 86.4 cm³/mol. The molecule has 0 fully saturated rings. The molecule has 0 spiro atoms. The summed E-state index contributed by atoms with van der Waals surface area (Å²) in [6, 6.07) is 8.30. The molecule has 0 saturated heterocycles. The number of amides is 2. The highest BCUT2D eigenvalue weighted by Crippen LogP contribution is 2.16. The van der Waals surface area contributed by atoms with E-state index in [1.807, 2.05) is 39.0 Å². The molecule has 5 heteroatoms. The van der Waals surface area contributed by atoms with Crippen LogP contribution >= 0.6 is 0 Å². The Kier molecular flexibility index (Phi) is 5.58. The zero-order valence-corrected chi connectivity index (χ0v) is 14.2. The van der Waals surface area contributed by atoms with Crippen molar-refractivity contribution in [2.24, 2.45) is 0 Å². The van der Waals surface area contributed by atoms with Crippen molar-refractivity contribution in [1.82, 2.24) is 10.6 Å². The molecule has 0 aliphatic carbocycles. The Morgan fingerprint density at radius 3 is 2.00 bits per heavy atom. The molecule has 122 valence electrons. The highest BCUT2D eigenvalue weighted by molar-refractivity contribution is 5.87. The fraction of sp³-hybridized carbons (Fsp3) is 0.529. The number of hydrogen-bond donors (Lipinski definition) is 2. The number of carbonyl (C=O) groups excluding carboxylic acids is 2. The number of hydrogen-bond acceptors (Lipinski definition) is 3. The molecule has 0 heterocycles. The first kappa shape index (κ1) is 18.0. The number of carbonyl (C=O) groups is 2. The number of rotatable bonds is 3. The zero-order valence-electron chi connectivity index (χ0n) is 14.2. The summed E-state index contributed by atoms with van der Waals surface area (Å²) in [5.74, 6) is -0.274. The smallest absolute Gasteiger partial charge is 0.408 e. The van der Waals surface area contributed by atoms with E-state index >= 15 is 0 Å². The van der Waals surface area contributed by atoms with Crippen LogP contribution in [0.4, 0.5) is 4.79 Å². The van der Waals surface area contributed by atoms with Gasteiger partial charge in [-0.25, -0.2) is 4.79 Å². The van der Waals surface area contributed by atoms with Crippen molar-refractivity contribution in [1.29, 1.82) is 0 Å². The van der Waals surface area contributed by atoms with Gasteiger partial charge in [0.1, 0.15) is 11.6 Å². The third kappa shape index (κ3) is 6.61. The molecule has 2 amide bonds. The van der Waals surface area contributed by atoms with E-state index in [0.717, 1.165) is 0 Å². The highest BCUT2D eigenvalue weighted by Gasteiger charge is 2.27. The summed E-state index contributed by atoms with van der Waals surface area (Å²) in [5.41, 5.74) is -0.305. The van der Waals surface area contributed by atoms with Gasteiger partial charge in [0.15, 0.2) is 0 Å². The first-order valence-electron chi connectivity index (χ1n) is 7.34. The summed E-state index contributed by atoms with van der Waals surface area (Å²) in [4.78, 5) is 24.5. The Bertz CT molecular complexity index is 513. The largest absolute Gasteiger partial charge is 0.444 e. The first-order chi connectivity index (χ1) is 9.98. The van der Waals surface area contributed by atoms with Crippen molar-refractivity contribution in [3.05, 3.63) is 35.9 Å². The van der Waals surface area contributed by atoms with Crippen molar-refractivity contribution < 1.29 is 14.3 Å². The lowest BCUT2D eigenvalue weighted by Gasteiger charge is -2.27. The standard InChI is InChI=1S/C17H26N2O3/c1-16(2,3)19-14(20)13(12-10-8-7-9-11-12)18-15(21)22-17(4,5)6/h7-11,13H,1-6H3,(H,18,21)(H,19,20)/t13-/m1/s1. The molecule has 0 saturated carbocycles. The van der Waals surface area contributed by atoms with Crippen LogP contribution in [0.3, 0.4) is 0 Å². The van der Waals surface area contributed by atoms with Gasteiger partial charge < -0.3 is 15.4 Å². The van der Waals surface area contributed by atoms with E-state index in [1.54, 1.807) is 32.9 Å². The number of ether oxygens (including phenoxy) is 1. The lowest BCUT2D eigenvalue weighted by Crippen LogP contribution is -2.48. The molecule has 0 aliphatic heterocycles. The normalized spacial score (nSPS) is 13.2. The minimum Gasteiger partial charge on any atom is -0.444 e. The quantitative estimate of drug-likeness (QED) is 0.901. The van der Waals surface area contributed by atoms with E-state index in [1.165, 1.54) is 0 Å². The Balaban J connectivity index is 2.93. The van der Waals surface area contributed by atoms with Gasteiger partial charge in [0.2, 0.25) is 5.91 Å². The summed E-state index contributed by atoms with van der Waals surface area (Å²) in [6.45, 7) is 11.0. The van der Waals surface area contributed by atoms with Gasteiger partial charge in [-0.3, -0.25) is 4.79 Å². The monoisotopic (exact) mass is 306 g/mol. The van der Waals surface area contributed by atoms with Crippen LogP contribution in [0.1, 0.15) is 53.1 Å². The predicted octanol–water partition coefficient (Wildman–Crippen LogP) is 3.17. The molecular weight excluding hydrogens is 280 g/mol. The van der Waals surface area contributed by atoms with Crippen molar-refractivity contribution in [2.75, 3.05) is 0 Å². The van der Waals surface area contributed by atoms with Gasteiger partial charge >= 0.3 is 6.09 Å². The Morgan fingerprint density at radius 2 is 1.55 bits per heavy atom. The van der Waals surface area contributed by atoms with Crippen LogP contribution < -0.4 is 10.6 Å². The molecule has 0 unspecified atom stereocenters. The fourth-order valence-corrected chi connectivity index (χ4v) is 1.81. The van der Waals surface area contributed by atoms with Crippen LogP contribution in [0.5, 0.6) is 0 Å². The van der Waals surface area contributed by atoms with Gasteiger partial charge in [0.25, 0.3) is 0 Å². The molecule has 2 N–H and O–H groups in total. The average molecular weight is 306 g/mol. The minimum absolute atomic E-state index is 0.274. The molecule has 1 rings (SSSR count). The van der Waals surface area contributed by atoms with E-state index in [-0.39, 0.29) is 11.4 Å². The van der Waals surface area contributed by atoms with Crippen LogP contribution in [0, 0.1) is 0 Å². The molecule has 22 heavy (non-hydrogen) atoms. The van der Waals surface area contributed by atoms with Gasteiger partial charge in [-0.05, 0) is 47.1 Å². The van der Waals surface area contributed by atoms with E-state index in [2.05, 4.69) is 10.6 Å². The zero-order chi connectivity index (χ0) is 17.0. The third-order valence-corrected chi connectivity index (χ3v) is 2.55. The molecule has 0 radical (unpaired) electrons. The summed E-state index contributed by atoms with van der Waals surface area (Å²) in [5, 5.41) is 5.52. The molecule has 1 aromatic carbocycles. The van der Waals surface area contributed by atoms with Gasteiger partial charge in [0.05, 0.1) is 0 Å². The number of benzene rings is 1. The summed E-state index contributed by atoms with van der Waals surface area (Å²) < 4.78 is 5.24. The molecule has 0 aromatic heterocycles. The Morgan fingerprint density at radius 1 is 1.00 bits per heavy atom. The van der Waals surface area contributed by atoms with Crippen LogP contribution in [0.2, 0.25) is 0 Å². The summed E-state index contributed by atoms with van der Waals surface area (Å²) >= 11 is 0. The first-order valence-corrected chi connectivity index (χ1v) is 7.34. The highest BCUT2D eigenvalue weighted by atomic mass is 16.6. The lowest BCUT2D eigenvalue weighted by atomic mass is 10.0. The second-order valence-electron chi connectivity index (χ2n) is 7.23.